The van der Waals surface area contributed by atoms with Crippen LogP contribution < -0.4 is 5.32 Å². The summed E-state index contributed by atoms with van der Waals surface area (Å²) in [4.78, 5) is 0. The molecule has 0 saturated carbocycles. The van der Waals surface area contributed by atoms with E-state index >= 15 is 4.39 Å². The molecule has 2 aliphatic heterocycles. The molecular formula is C24H26FN3O4S. The Bertz CT molecular complexity index is 1200. The number of nitrogens with zero attached hydrogens (tertiary/aromatic N) is 2. The van der Waals surface area contributed by atoms with Gasteiger partial charge in [-0.2, -0.15) is 4.31 Å². The number of nitrogens with one attached hydrogen (secondary N) is 1. The van der Waals surface area contributed by atoms with E-state index in [4.69, 9.17) is 9.26 Å². The number of aromatic nitrogens is 1. The topological polar surface area (TPSA) is 84.7 Å². The minimum Gasteiger partial charge on any atom is -0.377 e. The normalized spacial score (nSPS) is 22.0. The Labute approximate surface area is 192 Å². The monoisotopic (exact) mass is 471 g/mol. The van der Waals surface area contributed by atoms with Gasteiger partial charge in [-0.05, 0) is 30.0 Å². The molecule has 9 heteroatoms. The molecule has 1 aromatic heterocycles. The van der Waals surface area contributed by atoms with Gasteiger partial charge in [0.05, 0.1) is 24.4 Å². The van der Waals surface area contributed by atoms with Crippen LogP contribution in [0.15, 0.2) is 65.4 Å². The molecule has 0 spiro atoms. The van der Waals surface area contributed by atoms with Crippen molar-refractivity contribution in [3.05, 3.63) is 89.1 Å². The number of rotatable bonds is 7. The van der Waals surface area contributed by atoms with Crippen LogP contribution >= 0.6 is 0 Å². The van der Waals surface area contributed by atoms with Crippen LogP contribution in [0, 0.1) is 5.82 Å². The second kappa shape index (κ2) is 8.98. The van der Waals surface area contributed by atoms with Crippen LogP contribution in [0.1, 0.15) is 40.5 Å². The van der Waals surface area contributed by atoms with Gasteiger partial charge in [-0.15, -0.1) is 0 Å². The maximum atomic E-state index is 15.2. The highest BCUT2D eigenvalue weighted by Gasteiger charge is 2.42. The standard InChI is InChI=1S/C24H26FN3O4S/c25-22-13-18(8-9-21(22)24(16-31-17-24)26-14-20-10-12-32-27-20)15-28-11-4-7-23(33(28,29)30)19-5-2-1-3-6-19/h1-3,5-6,8-10,12-13,23,26H,4,7,11,14-17H2/t23-/m1/s1. The lowest BCUT2D eigenvalue weighted by Gasteiger charge is -2.42. The number of sulfonamides is 1. The summed E-state index contributed by atoms with van der Waals surface area (Å²) in [5.41, 5.74) is 2.01. The SMILES string of the molecule is O=S1(=O)[C@@H](c2ccccc2)CCCN1Cc1ccc(C2(NCc3ccon3)COC2)c(F)c1. The molecule has 0 radical (unpaired) electrons. The lowest BCUT2D eigenvalue weighted by Crippen LogP contribution is -2.57. The molecule has 2 aliphatic rings. The van der Waals surface area contributed by atoms with Gasteiger partial charge in [0.2, 0.25) is 10.0 Å². The van der Waals surface area contributed by atoms with Crippen molar-refractivity contribution in [2.45, 2.75) is 36.7 Å². The van der Waals surface area contributed by atoms with Crippen molar-refractivity contribution in [1.82, 2.24) is 14.8 Å². The summed E-state index contributed by atoms with van der Waals surface area (Å²) < 4.78 is 53.5. The average Bonchev–Trinajstić information content (AvgIpc) is 3.30. The molecule has 33 heavy (non-hydrogen) atoms. The zero-order valence-electron chi connectivity index (χ0n) is 18.1. The largest absolute Gasteiger partial charge is 0.377 e. The Morgan fingerprint density at radius 3 is 2.64 bits per heavy atom. The van der Waals surface area contributed by atoms with Crippen LogP contribution in [0.25, 0.3) is 0 Å². The van der Waals surface area contributed by atoms with Gasteiger partial charge in [0.15, 0.2) is 0 Å². The predicted molar refractivity (Wildman–Crippen MR) is 120 cm³/mol. The highest BCUT2D eigenvalue weighted by atomic mass is 32.2. The summed E-state index contributed by atoms with van der Waals surface area (Å²) in [7, 11) is -3.53. The third-order valence-corrected chi connectivity index (χ3v) is 8.73. The first-order valence-electron chi connectivity index (χ1n) is 11.0. The van der Waals surface area contributed by atoms with Crippen molar-refractivity contribution in [2.24, 2.45) is 0 Å². The van der Waals surface area contributed by atoms with E-state index in [0.29, 0.717) is 43.9 Å². The molecule has 0 bridgehead atoms. The van der Waals surface area contributed by atoms with Crippen LogP contribution in [0.5, 0.6) is 0 Å². The van der Waals surface area contributed by atoms with Gasteiger partial charge in [-0.3, -0.25) is 5.32 Å². The van der Waals surface area contributed by atoms with Gasteiger partial charge in [-0.25, -0.2) is 12.8 Å². The molecule has 3 heterocycles. The minimum absolute atomic E-state index is 0.152. The third kappa shape index (κ3) is 4.33. The second-order valence-electron chi connectivity index (χ2n) is 8.65. The van der Waals surface area contributed by atoms with Crippen LogP contribution in [-0.4, -0.2) is 37.6 Å². The molecule has 2 aromatic carbocycles. The van der Waals surface area contributed by atoms with Gasteiger partial charge < -0.3 is 9.26 Å². The molecule has 2 fully saturated rings. The van der Waals surface area contributed by atoms with E-state index in [9.17, 15) is 8.42 Å². The molecular weight excluding hydrogens is 445 g/mol. The van der Waals surface area contributed by atoms with Crippen LogP contribution in [-0.2, 0) is 33.4 Å². The first kappa shape index (κ1) is 22.2. The fraction of sp³-hybridized carbons (Fsp3) is 0.375. The molecule has 7 nitrogen and oxygen atoms in total. The zero-order chi connectivity index (χ0) is 22.9. The Morgan fingerprint density at radius 2 is 1.97 bits per heavy atom. The third-order valence-electron chi connectivity index (χ3n) is 6.47. The predicted octanol–water partition coefficient (Wildman–Crippen LogP) is 3.50. The summed E-state index contributed by atoms with van der Waals surface area (Å²) in [6.07, 6.45) is 2.86. The average molecular weight is 472 g/mol. The molecule has 5 rings (SSSR count). The van der Waals surface area contributed by atoms with Gasteiger partial charge in [0.25, 0.3) is 0 Å². The molecule has 3 aromatic rings. The van der Waals surface area contributed by atoms with Crippen molar-refractivity contribution in [2.75, 3.05) is 19.8 Å². The summed E-state index contributed by atoms with van der Waals surface area (Å²) in [6.45, 7) is 1.71. The number of hydrogen-bond donors (Lipinski definition) is 1. The van der Waals surface area contributed by atoms with E-state index in [2.05, 4.69) is 10.5 Å². The molecule has 1 N–H and O–H groups in total. The van der Waals surface area contributed by atoms with Crippen molar-refractivity contribution in [3.8, 4) is 0 Å². The van der Waals surface area contributed by atoms with E-state index in [0.717, 1.165) is 17.7 Å². The second-order valence-corrected chi connectivity index (χ2v) is 10.8. The molecule has 0 amide bonds. The molecule has 0 aliphatic carbocycles. The maximum absolute atomic E-state index is 15.2. The van der Waals surface area contributed by atoms with Gasteiger partial charge in [-0.1, -0.05) is 47.6 Å². The maximum Gasteiger partial charge on any atom is 0.221 e. The molecule has 174 valence electrons. The van der Waals surface area contributed by atoms with Gasteiger partial charge in [0, 0.05) is 31.3 Å². The van der Waals surface area contributed by atoms with Crippen molar-refractivity contribution in [3.63, 3.8) is 0 Å². The van der Waals surface area contributed by atoms with Crippen molar-refractivity contribution in [1.29, 1.82) is 0 Å². The van der Waals surface area contributed by atoms with E-state index in [1.165, 1.54) is 16.6 Å². The van der Waals surface area contributed by atoms with Gasteiger partial charge >= 0.3 is 0 Å². The molecule has 1 atom stereocenters. The van der Waals surface area contributed by atoms with Crippen LogP contribution in [0.3, 0.4) is 0 Å². The van der Waals surface area contributed by atoms with E-state index in [1.807, 2.05) is 30.3 Å². The van der Waals surface area contributed by atoms with Crippen molar-refractivity contribution < 1.29 is 22.1 Å². The fourth-order valence-electron chi connectivity index (χ4n) is 4.58. The van der Waals surface area contributed by atoms with Gasteiger partial charge in [0.1, 0.15) is 17.3 Å². The molecule has 0 unspecified atom stereocenters. The fourth-order valence-corrected chi connectivity index (χ4v) is 6.62. The van der Waals surface area contributed by atoms with Crippen LogP contribution in [0.4, 0.5) is 4.39 Å². The first-order valence-corrected chi connectivity index (χ1v) is 12.5. The summed E-state index contributed by atoms with van der Waals surface area (Å²) in [6, 6.07) is 16.0. The molecule has 2 saturated heterocycles. The van der Waals surface area contributed by atoms with Crippen LogP contribution in [0.2, 0.25) is 0 Å². The quantitative estimate of drug-likeness (QED) is 0.568. The summed E-state index contributed by atoms with van der Waals surface area (Å²) in [5, 5.41) is 6.65. The highest BCUT2D eigenvalue weighted by Crippen LogP contribution is 2.36. The van der Waals surface area contributed by atoms with Crippen molar-refractivity contribution >= 4 is 10.0 Å². The lowest BCUT2D eigenvalue weighted by molar-refractivity contribution is -0.0814. The Hall–Kier alpha value is -2.59. The van der Waals surface area contributed by atoms with E-state index in [1.54, 1.807) is 18.2 Å². The number of hydrogen-bond acceptors (Lipinski definition) is 6. The summed E-state index contributed by atoms with van der Waals surface area (Å²) in [5.74, 6) is -0.377. The van der Waals surface area contributed by atoms with E-state index in [-0.39, 0.29) is 12.4 Å². The first-order chi connectivity index (χ1) is 16.0. The Morgan fingerprint density at radius 1 is 1.15 bits per heavy atom. The smallest absolute Gasteiger partial charge is 0.221 e. The highest BCUT2D eigenvalue weighted by molar-refractivity contribution is 7.89. The number of halogens is 1. The Kier molecular flexibility index (Phi) is 6.05. The number of ether oxygens (including phenoxy) is 1. The lowest BCUT2D eigenvalue weighted by atomic mass is 9.86. The Balaban J connectivity index is 1.33. The van der Waals surface area contributed by atoms with E-state index < -0.39 is 20.8 Å². The minimum atomic E-state index is -3.53. The number of benzene rings is 2. The zero-order valence-corrected chi connectivity index (χ0v) is 18.9. The summed E-state index contributed by atoms with van der Waals surface area (Å²) >= 11 is 0.